The Hall–Kier alpha value is -3.76. The van der Waals surface area contributed by atoms with Crippen molar-refractivity contribution in [3.8, 4) is 11.1 Å². The van der Waals surface area contributed by atoms with Gasteiger partial charge >= 0.3 is 5.97 Å². The monoisotopic (exact) mass is 516 g/mol. The molecule has 0 aliphatic heterocycles. The normalized spacial score (nSPS) is 12.4. The number of amides is 1. The molecule has 0 fully saturated rings. The zero-order valence-corrected chi connectivity index (χ0v) is 20.3. The number of nitrogens with zero attached hydrogens (tertiary/aromatic N) is 3. The van der Waals surface area contributed by atoms with Gasteiger partial charge in [0.15, 0.2) is 11.8 Å². The van der Waals surface area contributed by atoms with Crippen molar-refractivity contribution >= 4 is 23.5 Å². The van der Waals surface area contributed by atoms with Gasteiger partial charge in [-0.2, -0.15) is 0 Å². The third-order valence-electron chi connectivity index (χ3n) is 5.11. The number of aliphatic hydroxyl groups is 1. The van der Waals surface area contributed by atoms with E-state index >= 15 is 0 Å². The highest BCUT2D eigenvalue weighted by Gasteiger charge is 2.25. The lowest BCUT2D eigenvalue weighted by Gasteiger charge is -2.21. The molecule has 0 unspecified atom stereocenters. The molecule has 11 heteroatoms. The average molecular weight is 517 g/mol. The number of aliphatic hydroxyl groups excluding tert-OH is 1. The fourth-order valence-electron chi connectivity index (χ4n) is 3.43. The van der Waals surface area contributed by atoms with Crippen LogP contribution in [-0.2, 0) is 16.0 Å². The average Bonchev–Trinajstić information content (AvgIpc) is 3.34. The molecule has 2 aromatic carbocycles. The molecule has 0 aliphatic rings. The van der Waals surface area contributed by atoms with E-state index in [0.29, 0.717) is 16.1 Å². The molecule has 36 heavy (non-hydrogen) atoms. The summed E-state index contributed by atoms with van der Waals surface area (Å²) >= 11 is 6.00. The zero-order chi connectivity index (χ0) is 26.1. The quantitative estimate of drug-likeness (QED) is 0.281. The Morgan fingerprint density at radius 2 is 2.03 bits per heavy atom. The smallest absolute Gasteiger partial charge is 0.335 e. The molecule has 0 saturated carbocycles. The van der Waals surface area contributed by atoms with Crippen LogP contribution in [0.3, 0.4) is 0 Å². The third-order valence-corrected chi connectivity index (χ3v) is 5.34. The lowest BCUT2D eigenvalue weighted by molar-refractivity contribution is -0.153. The molecule has 1 aromatic heterocycles. The van der Waals surface area contributed by atoms with Crippen molar-refractivity contribution in [2.24, 2.45) is 0 Å². The largest absolute Gasteiger partial charge is 0.464 e. The highest BCUT2D eigenvalue weighted by molar-refractivity contribution is 6.30. The van der Waals surface area contributed by atoms with Crippen molar-refractivity contribution < 1.29 is 28.7 Å². The van der Waals surface area contributed by atoms with E-state index in [0.717, 1.165) is 10.4 Å². The van der Waals surface area contributed by atoms with Crippen LogP contribution in [0.4, 0.5) is 4.39 Å². The summed E-state index contributed by atoms with van der Waals surface area (Å²) in [6.45, 7) is 5.45. The van der Waals surface area contributed by atoms with Crippen LogP contribution in [0.1, 0.15) is 29.4 Å². The van der Waals surface area contributed by atoms with Gasteiger partial charge in [0, 0.05) is 23.0 Å². The van der Waals surface area contributed by atoms with E-state index in [2.05, 4.69) is 22.2 Å². The topological polar surface area (TPSA) is 116 Å². The third kappa shape index (κ3) is 7.37. The van der Waals surface area contributed by atoms with E-state index in [1.165, 1.54) is 30.5 Å². The predicted octanol–water partition coefficient (Wildman–Crippen LogP) is 3.01. The Labute approximate surface area is 212 Å². The number of ether oxygens (including phenoxy) is 1. The molecule has 1 heterocycles. The van der Waals surface area contributed by atoms with Crippen molar-refractivity contribution in [2.75, 3.05) is 13.2 Å². The highest BCUT2D eigenvalue weighted by Crippen LogP contribution is 2.26. The minimum atomic E-state index is -1.44. The molecule has 0 spiro atoms. The van der Waals surface area contributed by atoms with Crippen molar-refractivity contribution in [3.63, 3.8) is 0 Å². The second-order valence-electron chi connectivity index (χ2n) is 7.79. The summed E-state index contributed by atoms with van der Waals surface area (Å²) in [5, 5.41) is 20.9. The molecule has 9 nitrogen and oxygen atoms in total. The van der Waals surface area contributed by atoms with Crippen LogP contribution in [0, 0.1) is 5.82 Å². The Morgan fingerprint density at radius 3 is 2.72 bits per heavy atom. The van der Waals surface area contributed by atoms with E-state index in [1.807, 2.05) is 0 Å². The first-order valence-electron chi connectivity index (χ1n) is 11.2. The van der Waals surface area contributed by atoms with Crippen molar-refractivity contribution in [2.45, 2.75) is 31.9 Å². The predicted molar refractivity (Wildman–Crippen MR) is 131 cm³/mol. The molecule has 1 amide bonds. The number of rotatable bonds is 12. The van der Waals surface area contributed by atoms with Gasteiger partial charge < -0.3 is 20.0 Å². The number of hydrogen-bond acceptors (Lipinski definition) is 7. The van der Waals surface area contributed by atoms with Crippen LogP contribution in [0.5, 0.6) is 0 Å². The molecular formula is C25H26ClFN4O5. The van der Waals surface area contributed by atoms with Crippen LogP contribution in [0.2, 0.25) is 5.02 Å². The Balaban J connectivity index is 1.76. The number of carbonyl (C=O) groups excluding carboxylic acids is 2. The Bertz CT molecular complexity index is 1200. The summed E-state index contributed by atoms with van der Waals surface area (Å²) in [7, 11) is 0. The Morgan fingerprint density at radius 1 is 1.28 bits per heavy atom. The number of nitrogens with one attached hydrogen (secondary N) is 1. The summed E-state index contributed by atoms with van der Waals surface area (Å²) in [5.41, 5.74) is 1.75. The van der Waals surface area contributed by atoms with Gasteiger partial charge in [-0.3, -0.25) is 4.79 Å². The molecule has 0 radical (unpaired) electrons. The summed E-state index contributed by atoms with van der Waals surface area (Å²) in [5.74, 6) is -1.76. The number of esters is 1. The molecule has 2 N–H and O–H groups in total. The summed E-state index contributed by atoms with van der Waals surface area (Å²) in [6.07, 6.45) is 1.53. The van der Waals surface area contributed by atoms with E-state index in [-0.39, 0.29) is 31.7 Å². The standard InChI is InChI=1S/C25H26ClFN4O5/c1-3-11-36-31-15-22(29-30-31)24(33)28-19(14-23(32)25(34)35-4-2)12-16-5-7-17(8-6-16)20-13-18(26)9-10-21(20)27/h3,5-10,13,15,19,23,32H,1,4,11-12,14H2,2H3,(H,28,33)/t19-,23-/m1/s1. The van der Waals surface area contributed by atoms with Gasteiger partial charge in [-0.15, -0.1) is 5.10 Å². The first kappa shape index (κ1) is 26.8. The molecule has 190 valence electrons. The first-order chi connectivity index (χ1) is 17.3. The molecule has 2 atom stereocenters. The van der Waals surface area contributed by atoms with Crippen molar-refractivity contribution in [1.29, 1.82) is 0 Å². The van der Waals surface area contributed by atoms with E-state index < -0.39 is 29.8 Å². The minimum Gasteiger partial charge on any atom is -0.464 e. The molecule has 3 aromatic rings. The number of hydrogen-bond donors (Lipinski definition) is 2. The maximum atomic E-state index is 14.2. The zero-order valence-electron chi connectivity index (χ0n) is 19.6. The molecular weight excluding hydrogens is 491 g/mol. The maximum Gasteiger partial charge on any atom is 0.335 e. The minimum absolute atomic E-state index is 0.0125. The maximum absolute atomic E-state index is 14.2. The van der Waals surface area contributed by atoms with Crippen LogP contribution < -0.4 is 10.2 Å². The second kappa shape index (κ2) is 12.8. The fraction of sp³-hybridized carbons (Fsp3) is 0.280. The lowest BCUT2D eigenvalue weighted by atomic mass is 9.97. The van der Waals surface area contributed by atoms with Crippen molar-refractivity contribution in [3.05, 3.63) is 83.4 Å². The van der Waals surface area contributed by atoms with E-state index in [9.17, 15) is 19.1 Å². The first-order valence-corrected chi connectivity index (χ1v) is 11.5. The highest BCUT2D eigenvalue weighted by atomic mass is 35.5. The summed E-state index contributed by atoms with van der Waals surface area (Å²) < 4.78 is 19.1. The second-order valence-corrected chi connectivity index (χ2v) is 8.23. The SMILES string of the molecule is C=CCOn1cc(C(=O)N[C@H](Cc2ccc(-c3cc(Cl)ccc3F)cc2)C[C@@H](O)C(=O)OCC)nn1. The van der Waals surface area contributed by atoms with E-state index in [4.69, 9.17) is 21.2 Å². The molecule has 0 aliphatic carbocycles. The van der Waals surface area contributed by atoms with Gasteiger partial charge in [-0.05, 0) is 47.9 Å². The van der Waals surface area contributed by atoms with Crippen LogP contribution in [0.15, 0.2) is 61.3 Å². The lowest BCUT2D eigenvalue weighted by Crippen LogP contribution is -2.41. The van der Waals surface area contributed by atoms with Crippen molar-refractivity contribution in [1.82, 2.24) is 20.5 Å². The van der Waals surface area contributed by atoms with Gasteiger partial charge in [-0.25, -0.2) is 9.18 Å². The number of carbonyl (C=O) groups is 2. The number of aromatic nitrogens is 3. The van der Waals surface area contributed by atoms with Crippen LogP contribution in [-0.4, -0.2) is 57.5 Å². The Kier molecular flexibility index (Phi) is 9.54. The number of halogens is 2. The molecule has 0 bridgehead atoms. The van der Waals surface area contributed by atoms with Crippen LogP contribution >= 0.6 is 11.6 Å². The van der Waals surface area contributed by atoms with Gasteiger partial charge in [0.25, 0.3) is 5.91 Å². The van der Waals surface area contributed by atoms with Gasteiger partial charge in [-0.1, -0.05) is 53.4 Å². The van der Waals surface area contributed by atoms with E-state index in [1.54, 1.807) is 31.2 Å². The molecule has 0 saturated heterocycles. The summed E-state index contributed by atoms with van der Waals surface area (Å²) in [6, 6.07) is 10.6. The van der Waals surface area contributed by atoms with Crippen LogP contribution in [0.25, 0.3) is 11.1 Å². The van der Waals surface area contributed by atoms with Gasteiger partial charge in [0.1, 0.15) is 18.6 Å². The number of benzene rings is 2. The molecule has 3 rings (SSSR count). The summed E-state index contributed by atoms with van der Waals surface area (Å²) in [4.78, 5) is 30.9. The van der Waals surface area contributed by atoms with Gasteiger partial charge in [0.05, 0.1) is 6.61 Å². The van der Waals surface area contributed by atoms with Gasteiger partial charge in [0.2, 0.25) is 0 Å². The fourth-order valence-corrected chi connectivity index (χ4v) is 3.60.